The molecule has 2 unspecified atom stereocenters. The van der Waals surface area contributed by atoms with E-state index in [0.29, 0.717) is 5.89 Å². The summed E-state index contributed by atoms with van der Waals surface area (Å²) in [4.78, 5) is 4.78. The highest BCUT2D eigenvalue weighted by molar-refractivity contribution is 7.99. The predicted octanol–water partition coefficient (Wildman–Crippen LogP) is 2.73. The van der Waals surface area contributed by atoms with Crippen molar-refractivity contribution in [2.75, 3.05) is 11.5 Å². The SMILES string of the molecule is OC1CSCC1c1nc(C23CC4CC(CC(C4)C2)C3)no1. The van der Waals surface area contributed by atoms with Gasteiger partial charge in [0.15, 0.2) is 5.82 Å². The van der Waals surface area contributed by atoms with Gasteiger partial charge in [-0.1, -0.05) is 5.16 Å². The molecule has 6 rings (SSSR count). The number of hydrogen-bond donors (Lipinski definition) is 1. The summed E-state index contributed by atoms with van der Waals surface area (Å²) in [6.07, 6.45) is 7.77. The second kappa shape index (κ2) is 4.48. The first-order valence-electron chi connectivity index (χ1n) is 8.32. The molecule has 4 aliphatic carbocycles. The Morgan fingerprint density at radius 1 is 1.05 bits per heavy atom. The summed E-state index contributed by atoms with van der Waals surface area (Å²) in [5, 5.41) is 14.4. The lowest BCUT2D eigenvalue weighted by Crippen LogP contribution is -2.49. The van der Waals surface area contributed by atoms with Gasteiger partial charge >= 0.3 is 0 Å². The molecule has 5 fully saturated rings. The van der Waals surface area contributed by atoms with Crippen LogP contribution in [0.5, 0.6) is 0 Å². The van der Waals surface area contributed by atoms with Crippen LogP contribution in [0.15, 0.2) is 4.52 Å². The van der Waals surface area contributed by atoms with E-state index in [4.69, 9.17) is 9.51 Å². The molecular weight excluding hydrogens is 284 g/mol. The van der Waals surface area contributed by atoms with Crippen LogP contribution in [0, 0.1) is 17.8 Å². The molecule has 5 aliphatic rings. The van der Waals surface area contributed by atoms with Crippen molar-refractivity contribution in [2.24, 2.45) is 17.8 Å². The van der Waals surface area contributed by atoms with E-state index >= 15 is 0 Å². The number of aliphatic hydroxyl groups is 1. The lowest BCUT2D eigenvalue weighted by atomic mass is 9.49. The van der Waals surface area contributed by atoms with Crippen LogP contribution in [0.3, 0.4) is 0 Å². The quantitative estimate of drug-likeness (QED) is 0.910. The minimum atomic E-state index is -0.320. The molecule has 2 heterocycles. The van der Waals surface area contributed by atoms with Crippen molar-refractivity contribution in [3.63, 3.8) is 0 Å². The first-order valence-corrected chi connectivity index (χ1v) is 9.47. The van der Waals surface area contributed by atoms with Gasteiger partial charge in [0.05, 0.1) is 12.0 Å². The molecule has 2 atom stereocenters. The first kappa shape index (κ1) is 12.9. The van der Waals surface area contributed by atoms with E-state index in [0.717, 1.165) is 35.1 Å². The van der Waals surface area contributed by atoms with E-state index in [1.54, 1.807) is 11.8 Å². The van der Waals surface area contributed by atoms with Crippen molar-refractivity contribution >= 4 is 11.8 Å². The lowest BCUT2D eigenvalue weighted by Gasteiger charge is -2.55. The van der Waals surface area contributed by atoms with Crippen molar-refractivity contribution in [2.45, 2.75) is 56.0 Å². The Labute approximate surface area is 129 Å². The summed E-state index contributed by atoms with van der Waals surface area (Å²) in [5.41, 5.74) is 0.202. The number of nitrogens with zero attached hydrogens (tertiary/aromatic N) is 2. The molecule has 4 nitrogen and oxygen atoms in total. The summed E-state index contributed by atoms with van der Waals surface area (Å²) in [7, 11) is 0. The maximum atomic E-state index is 10.0. The monoisotopic (exact) mass is 306 g/mol. The average molecular weight is 306 g/mol. The van der Waals surface area contributed by atoms with Gasteiger partial charge in [-0.25, -0.2) is 0 Å². The lowest BCUT2D eigenvalue weighted by molar-refractivity contribution is -0.0103. The van der Waals surface area contributed by atoms with Crippen molar-refractivity contribution in [1.82, 2.24) is 10.1 Å². The third-order valence-corrected chi connectivity index (χ3v) is 7.49. The number of hydrogen-bond acceptors (Lipinski definition) is 5. The number of aliphatic hydroxyl groups excluding tert-OH is 1. The Bertz CT molecular complexity index is 523. The van der Waals surface area contributed by atoms with Gasteiger partial charge in [0.2, 0.25) is 5.89 Å². The van der Waals surface area contributed by atoms with Gasteiger partial charge in [-0.2, -0.15) is 16.7 Å². The smallest absolute Gasteiger partial charge is 0.233 e. The second-order valence-electron chi connectivity index (χ2n) is 7.87. The fourth-order valence-corrected chi connectivity index (χ4v) is 6.99. The number of aromatic nitrogens is 2. The van der Waals surface area contributed by atoms with Crippen molar-refractivity contribution in [1.29, 1.82) is 0 Å². The highest BCUT2D eigenvalue weighted by atomic mass is 32.2. The fourth-order valence-electron chi connectivity index (χ4n) is 5.76. The van der Waals surface area contributed by atoms with E-state index < -0.39 is 0 Å². The van der Waals surface area contributed by atoms with Crippen molar-refractivity contribution in [3.05, 3.63) is 11.7 Å². The van der Waals surface area contributed by atoms with Crippen LogP contribution in [0.2, 0.25) is 0 Å². The third kappa shape index (κ3) is 1.93. The molecule has 1 aromatic heterocycles. The highest BCUT2D eigenvalue weighted by Crippen LogP contribution is 2.60. The van der Waals surface area contributed by atoms with Gasteiger partial charge in [0, 0.05) is 16.9 Å². The number of rotatable bonds is 2. The molecule has 4 saturated carbocycles. The zero-order valence-electron chi connectivity index (χ0n) is 12.2. The summed E-state index contributed by atoms with van der Waals surface area (Å²) in [5.74, 6) is 6.07. The third-order valence-electron chi connectivity index (χ3n) is 6.32. The van der Waals surface area contributed by atoms with Crippen LogP contribution in [0.4, 0.5) is 0 Å². The summed E-state index contributed by atoms with van der Waals surface area (Å²) in [6.45, 7) is 0. The summed E-state index contributed by atoms with van der Waals surface area (Å²) < 4.78 is 5.57. The van der Waals surface area contributed by atoms with Crippen LogP contribution in [0.1, 0.15) is 56.2 Å². The fraction of sp³-hybridized carbons (Fsp3) is 0.875. The summed E-state index contributed by atoms with van der Waals surface area (Å²) in [6, 6.07) is 0. The van der Waals surface area contributed by atoms with Crippen LogP contribution >= 0.6 is 11.8 Å². The van der Waals surface area contributed by atoms with Gasteiger partial charge in [-0.05, 0) is 56.3 Å². The molecular formula is C16H22N2O2S. The zero-order chi connectivity index (χ0) is 14.0. The van der Waals surface area contributed by atoms with E-state index in [1.165, 1.54) is 38.5 Å². The molecule has 114 valence electrons. The van der Waals surface area contributed by atoms with Gasteiger partial charge in [0.1, 0.15) is 0 Å². The molecule has 0 amide bonds. The largest absolute Gasteiger partial charge is 0.391 e. The topological polar surface area (TPSA) is 59.2 Å². The Morgan fingerprint density at radius 2 is 1.71 bits per heavy atom. The summed E-state index contributed by atoms with van der Waals surface area (Å²) >= 11 is 1.78. The minimum absolute atomic E-state index is 0.0464. The molecule has 5 heteroatoms. The molecule has 1 N–H and O–H groups in total. The Hall–Kier alpha value is -0.550. The van der Waals surface area contributed by atoms with Gasteiger partial charge < -0.3 is 9.63 Å². The molecule has 21 heavy (non-hydrogen) atoms. The van der Waals surface area contributed by atoms with Crippen molar-refractivity contribution < 1.29 is 9.63 Å². The molecule has 4 bridgehead atoms. The zero-order valence-corrected chi connectivity index (χ0v) is 13.0. The van der Waals surface area contributed by atoms with E-state index in [2.05, 4.69) is 5.16 Å². The van der Waals surface area contributed by atoms with E-state index in [9.17, 15) is 5.11 Å². The van der Waals surface area contributed by atoms with Gasteiger partial charge in [-0.3, -0.25) is 0 Å². The van der Waals surface area contributed by atoms with Crippen LogP contribution in [-0.4, -0.2) is 32.9 Å². The molecule has 0 aromatic carbocycles. The van der Waals surface area contributed by atoms with Gasteiger partial charge in [-0.15, -0.1) is 0 Å². The molecule has 1 aliphatic heterocycles. The average Bonchev–Trinajstić information content (AvgIpc) is 3.05. The maximum absolute atomic E-state index is 10.0. The Kier molecular flexibility index (Phi) is 2.76. The second-order valence-corrected chi connectivity index (χ2v) is 8.94. The molecule has 1 aromatic rings. The van der Waals surface area contributed by atoms with Gasteiger partial charge in [0.25, 0.3) is 0 Å². The Morgan fingerprint density at radius 3 is 2.29 bits per heavy atom. The normalized spacial score (nSPS) is 48.1. The highest BCUT2D eigenvalue weighted by Gasteiger charge is 2.54. The minimum Gasteiger partial charge on any atom is -0.391 e. The predicted molar refractivity (Wildman–Crippen MR) is 80.2 cm³/mol. The molecule has 1 saturated heterocycles. The number of thioether (sulfide) groups is 1. The maximum Gasteiger partial charge on any atom is 0.233 e. The van der Waals surface area contributed by atoms with Crippen molar-refractivity contribution in [3.8, 4) is 0 Å². The van der Waals surface area contributed by atoms with Crippen LogP contribution in [-0.2, 0) is 5.41 Å². The molecule has 0 radical (unpaired) electrons. The molecule has 0 spiro atoms. The Balaban J connectivity index is 1.46. The first-order chi connectivity index (χ1) is 10.2. The standard InChI is InChI=1S/C16H22N2O2S/c19-13-8-21-7-12(13)14-17-15(18-20-14)16-4-9-1-10(5-16)3-11(2-9)6-16/h9-13,19H,1-8H2. The van der Waals surface area contributed by atoms with Crippen LogP contribution < -0.4 is 0 Å². The van der Waals surface area contributed by atoms with E-state index in [1.807, 2.05) is 0 Å². The van der Waals surface area contributed by atoms with Crippen LogP contribution in [0.25, 0.3) is 0 Å². The van der Waals surface area contributed by atoms with E-state index in [-0.39, 0.29) is 17.4 Å².